The topological polar surface area (TPSA) is 63.7 Å². The van der Waals surface area contributed by atoms with Gasteiger partial charge in [-0.25, -0.2) is 8.42 Å². The fraction of sp³-hybridized carbons (Fsp3) is 0.500. The van der Waals surface area contributed by atoms with Gasteiger partial charge >= 0.3 is 0 Å². The number of nitrogens with zero attached hydrogens (tertiary/aromatic N) is 1. The smallest absolute Gasteiger partial charge is 0.237 e. The van der Waals surface area contributed by atoms with E-state index in [0.717, 1.165) is 4.47 Å². The zero-order valence-electron chi connectivity index (χ0n) is 12.2. The molecule has 0 aromatic heterocycles. The Morgan fingerprint density at radius 3 is 2.71 bits per heavy atom. The molecule has 7 heteroatoms. The highest BCUT2D eigenvalue weighted by Crippen LogP contribution is 2.14. The van der Waals surface area contributed by atoms with Crippen LogP contribution in [0.25, 0.3) is 0 Å². The molecule has 0 N–H and O–H groups in total. The quantitative estimate of drug-likeness (QED) is 0.648. The zero-order valence-corrected chi connectivity index (χ0v) is 14.6. The van der Waals surface area contributed by atoms with Crippen molar-refractivity contribution in [2.75, 3.05) is 33.1 Å². The number of sulfone groups is 1. The highest BCUT2D eigenvalue weighted by Gasteiger charge is 2.20. The summed E-state index contributed by atoms with van der Waals surface area (Å²) in [6.45, 7) is 1.03. The van der Waals surface area contributed by atoms with Gasteiger partial charge in [-0.05, 0) is 24.1 Å². The van der Waals surface area contributed by atoms with Gasteiger partial charge < -0.3 is 9.64 Å². The average Bonchev–Trinajstić information content (AvgIpc) is 2.37. The van der Waals surface area contributed by atoms with E-state index in [0.29, 0.717) is 25.1 Å². The minimum atomic E-state index is -3.47. The number of carbonyl (C=O) groups is 1. The highest BCUT2D eigenvalue weighted by atomic mass is 79.9. The molecule has 0 aliphatic carbocycles. The Morgan fingerprint density at radius 2 is 2.10 bits per heavy atom. The standard InChI is InChI=1S/C14H20BrNO4S/c1-16(7-4-8-20-2)14(17)11-21(18,19)10-12-5-3-6-13(15)9-12/h3,5-6,9H,4,7-8,10-11H2,1-2H3. The van der Waals surface area contributed by atoms with Crippen molar-refractivity contribution in [1.82, 2.24) is 4.90 Å². The molecule has 5 nitrogen and oxygen atoms in total. The third-order valence-corrected chi connectivity index (χ3v) is 4.84. The van der Waals surface area contributed by atoms with E-state index >= 15 is 0 Å². The van der Waals surface area contributed by atoms with Gasteiger partial charge in [-0.15, -0.1) is 0 Å². The largest absolute Gasteiger partial charge is 0.385 e. The summed E-state index contributed by atoms with van der Waals surface area (Å²) in [5.74, 6) is -0.992. The first kappa shape index (κ1) is 18.1. The van der Waals surface area contributed by atoms with Crippen LogP contribution in [0.2, 0.25) is 0 Å². The van der Waals surface area contributed by atoms with Gasteiger partial charge in [0.05, 0.1) is 5.75 Å². The second-order valence-corrected chi connectivity index (χ2v) is 7.80. The first-order chi connectivity index (χ1) is 9.84. The lowest BCUT2D eigenvalue weighted by atomic mass is 10.2. The molecule has 118 valence electrons. The number of carbonyl (C=O) groups excluding carboxylic acids is 1. The molecule has 0 saturated heterocycles. The van der Waals surface area contributed by atoms with Crippen molar-refractivity contribution in [2.24, 2.45) is 0 Å². The summed E-state index contributed by atoms with van der Waals surface area (Å²) in [6, 6.07) is 7.07. The number of ether oxygens (including phenoxy) is 1. The summed E-state index contributed by atoms with van der Waals surface area (Å²) in [7, 11) is -0.278. The minimum Gasteiger partial charge on any atom is -0.385 e. The number of hydrogen-bond acceptors (Lipinski definition) is 4. The minimum absolute atomic E-state index is 0.135. The van der Waals surface area contributed by atoms with Gasteiger partial charge in [-0.2, -0.15) is 0 Å². The molecule has 0 unspecified atom stereocenters. The van der Waals surface area contributed by atoms with Gasteiger partial charge in [0, 0.05) is 31.8 Å². The zero-order chi connectivity index (χ0) is 15.9. The molecular formula is C14H20BrNO4S. The number of hydrogen-bond donors (Lipinski definition) is 0. The first-order valence-corrected chi connectivity index (χ1v) is 9.13. The van der Waals surface area contributed by atoms with Gasteiger partial charge in [0.15, 0.2) is 9.84 Å². The molecule has 0 saturated carbocycles. The SMILES string of the molecule is COCCCN(C)C(=O)CS(=O)(=O)Cc1cccc(Br)c1. The fourth-order valence-electron chi connectivity index (χ4n) is 1.80. The second-order valence-electron chi connectivity index (χ2n) is 4.82. The van der Waals surface area contributed by atoms with E-state index < -0.39 is 15.6 Å². The van der Waals surface area contributed by atoms with Gasteiger partial charge in [-0.3, -0.25) is 4.79 Å². The van der Waals surface area contributed by atoms with Crippen molar-refractivity contribution in [2.45, 2.75) is 12.2 Å². The lowest BCUT2D eigenvalue weighted by molar-refractivity contribution is -0.127. The van der Waals surface area contributed by atoms with Crippen LogP contribution in [-0.4, -0.2) is 52.3 Å². The molecule has 0 spiro atoms. The normalized spacial score (nSPS) is 11.4. The molecular weight excluding hydrogens is 358 g/mol. The third-order valence-electron chi connectivity index (χ3n) is 2.89. The monoisotopic (exact) mass is 377 g/mol. The van der Waals surface area contributed by atoms with Crippen LogP contribution in [0.1, 0.15) is 12.0 Å². The molecule has 0 fully saturated rings. The Balaban J connectivity index is 2.57. The van der Waals surface area contributed by atoms with Crippen molar-refractivity contribution >= 4 is 31.7 Å². The first-order valence-electron chi connectivity index (χ1n) is 6.52. The summed E-state index contributed by atoms with van der Waals surface area (Å²) >= 11 is 3.30. The fourth-order valence-corrected chi connectivity index (χ4v) is 3.63. The predicted octanol–water partition coefficient (Wildman–Crippen LogP) is 1.86. The summed E-state index contributed by atoms with van der Waals surface area (Å²) in [4.78, 5) is 13.3. The Hall–Kier alpha value is -0.920. The maximum absolute atomic E-state index is 12.1. The van der Waals surface area contributed by atoms with Crippen molar-refractivity contribution < 1.29 is 17.9 Å². The molecule has 0 atom stereocenters. The van der Waals surface area contributed by atoms with Crippen LogP contribution in [0.3, 0.4) is 0 Å². The Kier molecular flexibility index (Phi) is 7.34. The van der Waals surface area contributed by atoms with Crippen LogP contribution in [0, 0.1) is 0 Å². The van der Waals surface area contributed by atoms with Crippen molar-refractivity contribution in [3.05, 3.63) is 34.3 Å². The number of methoxy groups -OCH3 is 1. The van der Waals surface area contributed by atoms with Gasteiger partial charge in [0.2, 0.25) is 5.91 Å². The summed E-state index contributed by atoms with van der Waals surface area (Å²) in [5.41, 5.74) is 0.666. The maximum Gasteiger partial charge on any atom is 0.237 e. The number of halogens is 1. The van der Waals surface area contributed by atoms with Crippen molar-refractivity contribution in [3.8, 4) is 0 Å². The lowest BCUT2D eigenvalue weighted by Crippen LogP contribution is -2.34. The van der Waals surface area contributed by atoms with Gasteiger partial charge in [-0.1, -0.05) is 28.1 Å². The Morgan fingerprint density at radius 1 is 1.38 bits per heavy atom. The highest BCUT2D eigenvalue weighted by molar-refractivity contribution is 9.10. The van der Waals surface area contributed by atoms with E-state index in [4.69, 9.17) is 4.74 Å². The summed E-state index contributed by atoms with van der Waals surface area (Å²) < 4.78 is 29.9. The number of rotatable bonds is 8. The Labute approximate surface area is 134 Å². The third kappa shape index (κ3) is 7.06. The number of amides is 1. The molecule has 1 aromatic rings. The van der Waals surface area contributed by atoms with Crippen LogP contribution in [-0.2, 0) is 25.1 Å². The van der Waals surface area contributed by atoms with E-state index in [2.05, 4.69) is 15.9 Å². The Bertz CT molecular complexity index is 574. The summed E-state index contributed by atoms with van der Waals surface area (Å²) in [5, 5.41) is 0. The van der Waals surface area contributed by atoms with Gasteiger partial charge in [0.1, 0.15) is 5.75 Å². The van der Waals surface area contributed by atoms with Crippen LogP contribution in [0.5, 0.6) is 0 Å². The van der Waals surface area contributed by atoms with E-state index in [-0.39, 0.29) is 11.7 Å². The van der Waals surface area contributed by atoms with Crippen LogP contribution in [0.15, 0.2) is 28.7 Å². The molecule has 21 heavy (non-hydrogen) atoms. The molecule has 1 aromatic carbocycles. The molecule has 0 radical (unpaired) electrons. The molecule has 1 amide bonds. The molecule has 0 bridgehead atoms. The van der Waals surface area contributed by atoms with Gasteiger partial charge in [0.25, 0.3) is 0 Å². The van der Waals surface area contributed by atoms with E-state index in [1.807, 2.05) is 6.07 Å². The molecule has 0 aliphatic rings. The lowest BCUT2D eigenvalue weighted by Gasteiger charge is -2.17. The van der Waals surface area contributed by atoms with Crippen LogP contribution in [0.4, 0.5) is 0 Å². The van der Waals surface area contributed by atoms with Crippen LogP contribution < -0.4 is 0 Å². The van der Waals surface area contributed by atoms with Crippen LogP contribution >= 0.6 is 15.9 Å². The van der Waals surface area contributed by atoms with Crippen molar-refractivity contribution in [3.63, 3.8) is 0 Å². The maximum atomic E-state index is 12.1. The second kappa shape index (κ2) is 8.51. The molecule has 0 heterocycles. The van der Waals surface area contributed by atoms with E-state index in [9.17, 15) is 13.2 Å². The van der Waals surface area contributed by atoms with E-state index in [1.165, 1.54) is 4.90 Å². The number of benzene rings is 1. The summed E-state index contributed by atoms with van der Waals surface area (Å²) in [6.07, 6.45) is 0.685. The molecule has 1 rings (SSSR count). The van der Waals surface area contributed by atoms with Crippen molar-refractivity contribution in [1.29, 1.82) is 0 Å². The molecule has 0 aliphatic heterocycles. The predicted molar refractivity (Wildman–Crippen MR) is 85.8 cm³/mol. The van der Waals surface area contributed by atoms with E-state index in [1.54, 1.807) is 32.4 Å². The average molecular weight is 378 g/mol.